The molecule has 2 heterocycles. The molecule has 23 heavy (non-hydrogen) atoms. The average molecular weight is 331 g/mol. The summed E-state index contributed by atoms with van der Waals surface area (Å²) >= 11 is 6.16. The third kappa shape index (κ3) is 3.62. The summed E-state index contributed by atoms with van der Waals surface area (Å²) < 4.78 is 0. The van der Waals surface area contributed by atoms with Gasteiger partial charge in [0.2, 0.25) is 5.91 Å². The van der Waals surface area contributed by atoms with Gasteiger partial charge in [0.25, 0.3) is 0 Å². The number of likely N-dealkylation sites (tertiary alicyclic amines) is 1. The number of hydrogen-bond acceptors (Lipinski definition) is 3. The molecule has 1 atom stereocenters. The van der Waals surface area contributed by atoms with Crippen LogP contribution >= 0.6 is 11.6 Å². The van der Waals surface area contributed by atoms with E-state index >= 15 is 0 Å². The summed E-state index contributed by atoms with van der Waals surface area (Å²) in [5.74, 6) is 1.13. The molecule has 1 unspecified atom stereocenters. The smallest absolute Gasteiger partial charge is 0.249 e. The minimum Gasteiger partial charge on any atom is -0.338 e. The Hall–Kier alpha value is -2.14. The lowest BCUT2D eigenvalue weighted by Crippen LogP contribution is -2.39. The Bertz CT molecular complexity index is 711. The first-order valence-electron chi connectivity index (χ1n) is 7.72. The first-order valence-corrected chi connectivity index (χ1v) is 8.10. The zero-order valence-corrected chi connectivity index (χ0v) is 13.8. The Labute approximate surface area is 140 Å². The molecule has 5 nitrogen and oxygen atoms in total. The van der Waals surface area contributed by atoms with E-state index in [2.05, 4.69) is 15.2 Å². The predicted molar refractivity (Wildman–Crippen MR) is 90.0 cm³/mol. The number of halogens is 1. The van der Waals surface area contributed by atoms with Crippen LogP contribution in [-0.2, 0) is 4.79 Å². The van der Waals surface area contributed by atoms with Gasteiger partial charge in [-0.1, -0.05) is 29.8 Å². The molecule has 0 spiro atoms. The summed E-state index contributed by atoms with van der Waals surface area (Å²) in [5, 5.41) is 7.46. The lowest BCUT2D eigenvalue weighted by atomic mass is 9.96. The molecule has 1 N–H and O–H groups in total. The topological polar surface area (TPSA) is 61.9 Å². The largest absolute Gasteiger partial charge is 0.338 e. The fraction of sp³-hybridized carbons (Fsp3) is 0.353. The van der Waals surface area contributed by atoms with Crippen molar-refractivity contribution < 1.29 is 4.79 Å². The lowest BCUT2D eigenvalue weighted by molar-refractivity contribution is -0.128. The molecule has 0 bridgehead atoms. The molecule has 1 saturated heterocycles. The van der Waals surface area contributed by atoms with E-state index in [0.717, 1.165) is 30.8 Å². The summed E-state index contributed by atoms with van der Waals surface area (Å²) in [6.45, 7) is 3.28. The highest BCUT2D eigenvalue weighted by Gasteiger charge is 2.26. The molecule has 0 saturated carbocycles. The van der Waals surface area contributed by atoms with Gasteiger partial charge < -0.3 is 4.90 Å². The number of aromatic nitrogens is 3. The summed E-state index contributed by atoms with van der Waals surface area (Å²) in [6, 6.07) is 7.53. The summed E-state index contributed by atoms with van der Waals surface area (Å²) in [5.41, 5.74) is 1.56. The number of piperidine rings is 1. The van der Waals surface area contributed by atoms with Crippen LogP contribution in [-0.4, -0.2) is 39.1 Å². The molecular formula is C17H19ClN4O. The second-order valence-electron chi connectivity index (χ2n) is 5.81. The molecule has 120 valence electrons. The van der Waals surface area contributed by atoms with E-state index in [1.54, 1.807) is 0 Å². The molecule has 6 heteroatoms. The van der Waals surface area contributed by atoms with Crippen LogP contribution in [0.2, 0.25) is 5.02 Å². The summed E-state index contributed by atoms with van der Waals surface area (Å²) in [4.78, 5) is 18.8. The number of H-pyrrole nitrogens is 1. The van der Waals surface area contributed by atoms with Gasteiger partial charge in [-0.05, 0) is 37.5 Å². The third-order valence-electron chi connectivity index (χ3n) is 4.14. The minimum absolute atomic E-state index is 0.0501. The fourth-order valence-corrected chi connectivity index (χ4v) is 3.12. The van der Waals surface area contributed by atoms with Crippen molar-refractivity contribution in [3.8, 4) is 0 Å². The van der Waals surface area contributed by atoms with Crippen LogP contribution in [0, 0.1) is 0 Å². The van der Waals surface area contributed by atoms with E-state index in [1.807, 2.05) is 42.2 Å². The molecule has 1 amide bonds. The van der Waals surface area contributed by atoms with Gasteiger partial charge in [-0.2, -0.15) is 5.10 Å². The average Bonchev–Trinajstić information content (AvgIpc) is 3.11. The first kappa shape index (κ1) is 15.7. The quantitative estimate of drug-likeness (QED) is 0.879. The minimum atomic E-state index is 0.0501. The van der Waals surface area contributed by atoms with Gasteiger partial charge in [0.1, 0.15) is 12.2 Å². The van der Waals surface area contributed by atoms with E-state index in [9.17, 15) is 4.79 Å². The van der Waals surface area contributed by atoms with Gasteiger partial charge in [0.15, 0.2) is 0 Å². The van der Waals surface area contributed by atoms with Gasteiger partial charge in [-0.3, -0.25) is 9.89 Å². The van der Waals surface area contributed by atoms with E-state index in [0.29, 0.717) is 17.1 Å². The number of carbonyl (C=O) groups excluding carboxylic acids is 1. The monoisotopic (exact) mass is 330 g/mol. The number of nitrogens with one attached hydrogen (secondary N) is 1. The van der Waals surface area contributed by atoms with Crippen LogP contribution in [0.3, 0.4) is 0 Å². The number of aromatic amines is 1. The molecule has 1 aromatic carbocycles. The molecule has 2 aromatic rings. The number of carbonyl (C=O) groups is 1. The van der Waals surface area contributed by atoms with E-state index < -0.39 is 0 Å². The third-order valence-corrected chi connectivity index (χ3v) is 4.49. The standard InChI is InChI=1S/C17H19ClN4O/c1-12(9-13-5-2-3-7-15(13)18)17(23)22-8-4-6-14(10-22)16-19-11-20-21-16/h2-3,5,7,9,11,14H,4,6,8,10H2,1H3,(H,19,20,21). The maximum absolute atomic E-state index is 12.7. The van der Waals surface area contributed by atoms with Crippen LogP contribution in [0.25, 0.3) is 6.08 Å². The van der Waals surface area contributed by atoms with Gasteiger partial charge >= 0.3 is 0 Å². The zero-order chi connectivity index (χ0) is 16.2. The van der Waals surface area contributed by atoms with Crippen molar-refractivity contribution in [3.05, 3.63) is 52.6 Å². The summed E-state index contributed by atoms with van der Waals surface area (Å²) in [7, 11) is 0. The molecule has 1 aliphatic rings. The van der Waals surface area contributed by atoms with E-state index in [1.165, 1.54) is 6.33 Å². The Morgan fingerprint density at radius 2 is 2.26 bits per heavy atom. The van der Waals surface area contributed by atoms with Gasteiger partial charge in [-0.15, -0.1) is 0 Å². The normalized spacial score (nSPS) is 19.0. The Morgan fingerprint density at radius 3 is 3.00 bits per heavy atom. The van der Waals surface area contributed by atoms with Crippen molar-refractivity contribution in [1.82, 2.24) is 20.1 Å². The first-order chi connectivity index (χ1) is 11.1. The molecule has 1 fully saturated rings. The zero-order valence-electron chi connectivity index (χ0n) is 13.0. The molecule has 1 aliphatic heterocycles. The van der Waals surface area contributed by atoms with Crippen LogP contribution in [0.5, 0.6) is 0 Å². The Morgan fingerprint density at radius 1 is 1.43 bits per heavy atom. The number of hydrogen-bond donors (Lipinski definition) is 1. The fourth-order valence-electron chi connectivity index (χ4n) is 2.93. The molecule has 3 rings (SSSR count). The van der Waals surface area contributed by atoms with Crippen molar-refractivity contribution >= 4 is 23.6 Å². The van der Waals surface area contributed by atoms with Crippen LogP contribution in [0.4, 0.5) is 0 Å². The van der Waals surface area contributed by atoms with Crippen molar-refractivity contribution in [2.45, 2.75) is 25.7 Å². The van der Waals surface area contributed by atoms with Crippen molar-refractivity contribution in [2.75, 3.05) is 13.1 Å². The number of amides is 1. The second-order valence-corrected chi connectivity index (χ2v) is 6.22. The SMILES string of the molecule is CC(=Cc1ccccc1Cl)C(=O)N1CCCC(c2ncn[nH]2)C1. The lowest BCUT2D eigenvalue weighted by Gasteiger charge is -2.32. The van der Waals surface area contributed by atoms with Crippen LogP contribution in [0.1, 0.15) is 37.1 Å². The van der Waals surface area contributed by atoms with Gasteiger partial charge in [-0.25, -0.2) is 4.98 Å². The maximum atomic E-state index is 12.7. The van der Waals surface area contributed by atoms with E-state index in [4.69, 9.17) is 11.6 Å². The number of nitrogens with zero attached hydrogens (tertiary/aromatic N) is 3. The number of benzene rings is 1. The Kier molecular flexibility index (Phi) is 4.76. The Balaban J connectivity index is 1.73. The maximum Gasteiger partial charge on any atom is 0.249 e. The molecule has 1 aromatic heterocycles. The predicted octanol–water partition coefficient (Wildman–Crippen LogP) is 3.27. The molecule has 0 radical (unpaired) electrons. The highest BCUT2D eigenvalue weighted by atomic mass is 35.5. The van der Waals surface area contributed by atoms with Gasteiger partial charge in [0, 0.05) is 29.6 Å². The van der Waals surface area contributed by atoms with E-state index in [-0.39, 0.29) is 11.8 Å². The second kappa shape index (κ2) is 6.96. The van der Waals surface area contributed by atoms with Crippen molar-refractivity contribution in [1.29, 1.82) is 0 Å². The highest BCUT2D eigenvalue weighted by molar-refractivity contribution is 6.32. The molecular weight excluding hydrogens is 312 g/mol. The molecule has 0 aliphatic carbocycles. The van der Waals surface area contributed by atoms with Crippen LogP contribution < -0.4 is 0 Å². The highest BCUT2D eigenvalue weighted by Crippen LogP contribution is 2.25. The van der Waals surface area contributed by atoms with Crippen LogP contribution in [0.15, 0.2) is 36.2 Å². The number of rotatable bonds is 3. The summed E-state index contributed by atoms with van der Waals surface area (Å²) in [6.07, 6.45) is 5.35. The van der Waals surface area contributed by atoms with Crippen molar-refractivity contribution in [2.24, 2.45) is 0 Å². The van der Waals surface area contributed by atoms with Gasteiger partial charge in [0.05, 0.1) is 0 Å². The van der Waals surface area contributed by atoms with Crippen molar-refractivity contribution in [3.63, 3.8) is 0 Å².